The van der Waals surface area contributed by atoms with Crippen molar-refractivity contribution in [3.8, 4) is 29.1 Å². The molecule has 6 heteroatoms. The minimum atomic E-state index is -0.221. The van der Waals surface area contributed by atoms with Crippen LogP contribution in [0.15, 0.2) is 30.3 Å². The summed E-state index contributed by atoms with van der Waals surface area (Å²) in [7, 11) is 3.51. The van der Waals surface area contributed by atoms with E-state index in [0.29, 0.717) is 23.5 Å². The van der Waals surface area contributed by atoms with Crippen molar-refractivity contribution in [2.45, 2.75) is 69.1 Å². The minimum absolute atomic E-state index is 0.0913. The first-order valence-electron chi connectivity index (χ1n) is 14.1. The van der Waals surface area contributed by atoms with Crippen LogP contribution in [0.4, 0.5) is 0 Å². The van der Waals surface area contributed by atoms with Gasteiger partial charge in [0.15, 0.2) is 11.5 Å². The molecule has 1 spiro atoms. The Labute approximate surface area is 224 Å². The van der Waals surface area contributed by atoms with Gasteiger partial charge in [-0.15, -0.1) is 0 Å². The number of aryl methyl sites for hydroxylation is 1. The number of hydrogen-bond donors (Lipinski definition) is 1. The number of carbonyl (C=O) groups excluding carboxylic acids is 1. The second-order valence-electron chi connectivity index (χ2n) is 12.1. The largest absolute Gasteiger partial charge is 0.508 e. The molecule has 0 aromatic heterocycles. The van der Waals surface area contributed by atoms with Gasteiger partial charge in [0.25, 0.3) is 5.91 Å². The van der Waals surface area contributed by atoms with Crippen LogP contribution in [-0.4, -0.2) is 66.2 Å². The fourth-order valence-electron chi connectivity index (χ4n) is 8.15. The summed E-state index contributed by atoms with van der Waals surface area (Å²) in [6, 6.07) is 9.96. The number of phenolic OH excluding ortho intramolecular Hbond substituents is 1. The molecule has 198 valence electrons. The number of ether oxygens (including phenoxy) is 2. The number of likely N-dealkylation sites (N-methyl/N-ethyl adjacent to an activating group) is 1. The topological polar surface area (TPSA) is 62.2 Å². The number of methoxy groups -OCH3 is 1. The zero-order valence-corrected chi connectivity index (χ0v) is 22.5. The molecular weight excluding hydrogens is 476 g/mol. The van der Waals surface area contributed by atoms with Crippen LogP contribution < -0.4 is 9.47 Å². The van der Waals surface area contributed by atoms with E-state index in [9.17, 15) is 9.90 Å². The third-order valence-electron chi connectivity index (χ3n) is 10.1. The van der Waals surface area contributed by atoms with Crippen molar-refractivity contribution in [1.82, 2.24) is 9.80 Å². The maximum atomic E-state index is 13.4. The zero-order chi connectivity index (χ0) is 26.2. The number of piperidine rings is 1. The molecule has 2 heterocycles. The Hall–Kier alpha value is -3.17. The van der Waals surface area contributed by atoms with Gasteiger partial charge in [-0.25, -0.2) is 0 Å². The van der Waals surface area contributed by atoms with Gasteiger partial charge in [0, 0.05) is 53.7 Å². The number of nitrogens with zero attached hydrogens (tertiary/aromatic N) is 2. The molecule has 1 amide bonds. The fourth-order valence-corrected chi connectivity index (χ4v) is 8.15. The molecule has 5 atom stereocenters. The standard InChI is InChI=1S/C32H36N2O4/c1-19-5-4-6-20(15-19)9-12-28(36)33(2)24-11-10-23-25-16-22-26(35)17-27(37-3)30-29(22)32(23,31(24)38-30)13-14-34(25)18-21-7-8-21/h4-6,15,17,21,23-25,31,35H,7-8,10-11,13-14,16,18H2,1-3H3/t23-,24+,25+,31-,32-/m0/s1. The third kappa shape index (κ3) is 3.48. The Balaban J connectivity index is 1.26. The van der Waals surface area contributed by atoms with Crippen molar-refractivity contribution in [3.05, 3.63) is 52.6 Å². The molecule has 0 radical (unpaired) electrons. The maximum Gasteiger partial charge on any atom is 0.298 e. The van der Waals surface area contributed by atoms with E-state index < -0.39 is 0 Å². The van der Waals surface area contributed by atoms with Crippen molar-refractivity contribution >= 4 is 5.91 Å². The van der Waals surface area contributed by atoms with Crippen molar-refractivity contribution in [3.63, 3.8) is 0 Å². The van der Waals surface area contributed by atoms with E-state index in [1.54, 1.807) is 13.2 Å². The van der Waals surface area contributed by atoms with Crippen molar-refractivity contribution in [2.24, 2.45) is 11.8 Å². The van der Waals surface area contributed by atoms with E-state index in [1.807, 2.05) is 43.1 Å². The van der Waals surface area contributed by atoms with E-state index in [4.69, 9.17) is 9.47 Å². The molecule has 3 fully saturated rings. The number of carbonyl (C=O) groups is 1. The highest BCUT2D eigenvalue weighted by Crippen LogP contribution is 2.65. The van der Waals surface area contributed by atoms with E-state index in [1.165, 1.54) is 12.8 Å². The predicted octanol–water partition coefficient (Wildman–Crippen LogP) is 4.04. The number of aromatic hydroxyl groups is 1. The fraction of sp³-hybridized carbons (Fsp3) is 0.531. The number of amides is 1. The molecule has 2 aliphatic heterocycles. The predicted molar refractivity (Wildman–Crippen MR) is 144 cm³/mol. The first-order chi connectivity index (χ1) is 18.4. The SMILES string of the molecule is COc1cc(O)c2c3c1O[C@H]1[C@H](N(C)C(=O)C#Cc4cccc(C)c4)CC[C@H]4[C@@H](C2)N(CC2CC2)CC[C@@]341. The number of likely N-dealkylation sites (tertiary alicyclic amines) is 1. The van der Waals surface area contributed by atoms with Crippen molar-refractivity contribution in [2.75, 3.05) is 27.2 Å². The number of hydrogen-bond acceptors (Lipinski definition) is 5. The van der Waals surface area contributed by atoms with Crippen LogP contribution in [0, 0.1) is 30.6 Å². The Morgan fingerprint density at radius 3 is 2.87 bits per heavy atom. The molecule has 3 aliphatic carbocycles. The highest BCUT2D eigenvalue weighted by Gasteiger charge is 2.67. The lowest BCUT2D eigenvalue weighted by atomic mass is 9.50. The van der Waals surface area contributed by atoms with Crippen LogP contribution in [-0.2, 0) is 16.6 Å². The summed E-state index contributed by atoms with van der Waals surface area (Å²) < 4.78 is 12.6. The van der Waals surface area contributed by atoms with Gasteiger partial charge in [-0.1, -0.05) is 18.1 Å². The van der Waals surface area contributed by atoms with Crippen LogP contribution in [0.5, 0.6) is 17.2 Å². The Morgan fingerprint density at radius 1 is 1.26 bits per heavy atom. The summed E-state index contributed by atoms with van der Waals surface area (Å²) in [5.41, 5.74) is 3.93. The third-order valence-corrected chi connectivity index (χ3v) is 10.1. The normalized spacial score (nSPS) is 30.5. The summed E-state index contributed by atoms with van der Waals surface area (Å²) in [6.45, 7) is 4.23. The maximum absolute atomic E-state index is 13.4. The lowest BCUT2D eigenvalue weighted by Gasteiger charge is -2.60. The van der Waals surface area contributed by atoms with E-state index in [0.717, 1.165) is 72.7 Å². The second kappa shape index (κ2) is 8.68. The van der Waals surface area contributed by atoms with E-state index >= 15 is 0 Å². The molecule has 2 aromatic carbocycles. The van der Waals surface area contributed by atoms with Gasteiger partial charge >= 0.3 is 0 Å². The smallest absolute Gasteiger partial charge is 0.298 e. The average molecular weight is 513 g/mol. The minimum Gasteiger partial charge on any atom is -0.508 e. The second-order valence-corrected chi connectivity index (χ2v) is 12.1. The summed E-state index contributed by atoms with van der Waals surface area (Å²) in [6.07, 6.45) is 6.26. The summed E-state index contributed by atoms with van der Waals surface area (Å²) >= 11 is 0. The van der Waals surface area contributed by atoms with Crippen LogP contribution in [0.3, 0.4) is 0 Å². The van der Waals surface area contributed by atoms with Crippen LogP contribution in [0.2, 0.25) is 0 Å². The average Bonchev–Trinajstić information content (AvgIpc) is 3.67. The highest BCUT2D eigenvalue weighted by molar-refractivity contribution is 5.94. The quantitative estimate of drug-likeness (QED) is 0.627. The van der Waals surface area contributed by atoms with E-state index in [-0.39, 0.29) is 23.5 Å². The molecule has 2 bridgehead atoms. The molecule has 0 unspecified atom stereocenters. The van der Waals surface area contributed by atoms with Gasteiger partial charge < -0.3 is 19.5 Å². The number of phenols is 1. The summed E-state index contributed by atoms with van der Waals surface area (Å²) in [5, 5.41) is 11.2. The first kappa shape index (κ1) is 23.9. The Kier molecular flexibility index (Phi) is 5.46. The lowest BCUT2D eigenvalue weighted by molar-refractivity contribution is -0.134. The monoisotopic (exact) mass is 512 g/mol. The molecule has 38 heavy (non-hydrogen) atoms. The molecule has 1 N–H and O–H groups in total. The summed E-state index contributed by atoms with van der Waals surface area (Å²) in [4.78, 5) is 17.9. The summed E-state index contributed by atoms with van der Waals surface area (Å²) in [5.74, 6) is 8.73. The van der Waals surface area contributed by atoms with Gasteiger partial charge in [-0.2, -0.15) is 0 Å². The molecule has 2 saturated carbocycles. The van der Waals surface area contributed by atoms with Gasteiger partial charge in [0.2, 0.25) is 0 Å². The Bertz CT molecular complexity index is 1370. The van der Waals surface area contributed by atoms with Gasteiger partial charge in [0.1, 0.15) is 11.9 Å². The van der Waals surface area contributed by atoms with Crippen molar-refractivity contribution in [1.29, 1.82) is 0 Å². The van der Waals surface area contributed by atoms with Gasteiger partial charge in [0.05, 0.1) is 13.2 Å². The molecule has 2 aromatic rings. The molecule has 5 aliphatic rings. The van der Waals surface area contributed by atoms with Crippen molar-refractivity contribution < 1.29 is 19.4 Å². The molecular formula is C32H36N2O4. The Morgan fingerprint density at radius 2 is 2.11 bits per heavy atom. The number of rotatable bonds is 4. The van der Waals surface area contributed by atoms with Crippen LogP contribution in [0.1, 0.15) is 54.4 Å². The molecule has 6 nitrogen and oxygen atoms in total. The van der Waals surface area contributed by atoms with Gasteiger partial charge in [-0.3, -0.25) is 9.69 Å². The highest BCUT2D eigenvalue weighted by atomic mass is 16.5. The number of benzene rings is 2. The van der Waals surface area contributed by atoms with Crippen LogP contribution in [0.25, 0.3) is 0 Å². The first-order valence-corrected chi connectivity index (χ1v) is 14.1. The van der Waals surface area contributed by atoms with Gasteiger partial charge in [-0.05, 0) is 81.5 Å². The molecule has 1 saturated heterocycles. The van der Waals surface area contributed by atoms with Crippen LogP contribution >= 0.6 is 0 Å². The zero-order valence-electron chi connectivity index (χ0n) is 22.5. The molecule has 7 rings (SSSR count). The lowest BCUT2D eigenvalue weighted by Crippen LogP contribution is -2.69. The van der Waals surface area contributed by atoms with E-state index in [2.05, 4.69) is 16.7 Å².